The molecule has 5 nitrogen and oxygen atoms in total. The number of pyridine rings is 1. The minimum Gasteiger partial charge on any atom is -0.493 e. The number of hydrogen-bond donors (Lipinski definition) is 1. The molecule has 1 heterocycles. The molecule has 5 heteroatoms. The van der Waals surface area contributed by atoms with Crippen LogP contribution in [0.3, 0.4) is 0 Å². The van der Waals surface area contributed by atoms with Gasteiger partial charge in [-0.2, -0.15) is 5.26 Å². The van der Waals surface area contributed by atoms with Crippen LogP contribution in [0.4, 0.5) is 5.69 Å². The van der Waals surface area contributed by atoms with E-state index in [0.29, 0.717) is 22.7 Å². The molecule has 1 aromatic heterocycles. The zero-order valence-corrected chi connectivity index (χ0v) is 10.7. The Balaban J connectivity index is 2.45. The predicted molar refractivity (Wildman–Crippen MR) is 71.2 cm³/mol. The molecular weight excluding hydrogens is 242 g/mol. The Hall–Kier alpha value is -2.74. The highest BCUT2D eigenvalue weighted by atomic mass is 16.5. The number of aryl methyl sites for hydroxylation is 1. The minimum atomic E-state index is 0.242. The first-order valence-electron chi connectivity index (χ1n) is 5.62. The summed E-state index contributed by atoms with van der Waals surface area (Å²) in [6.45, 7) is 1.82. The van der Waals surface area contributed by atoms with Gasteiger partial charge in [0.15, 0.2) is 11.5 Å². The van der Waals surface area contributed by atoms with Crippen molar-refractivity contribution in [2.45, 2.75) is 6.92 Å². The number of nitriles is 1. The van der Waals surface area contributed by atoms with Gasteiger partial charge in [-0.05, 0) is 30.7 Å². The maximum absolute atomic E-state index is 9.13. The van der Waals surface area contributed by atoms with Crippen molar-refractivity contribution in [3.63, 3.8) is 0 Å². The van der Waals surface area contributed by atoms with Crippen LogP contribution in [0, 0.1) is 18.3 Å². The number of hydrogen-bond acceptors (Lipinski definition) is 5. The molecule has 0 spiro atoms. The third-order valence-electron chi connectivity index (χ3n) is 2.63. The Morgan fingerprint density at radius 1 is 1.26 bits per heavy atom. The second kappa shape index (κ2) is 5.27. The van der Waals surface area contributed by atoms with E-state index in [1.54, 1.807) is 30.5 Å². The average molecular weight is 255 g/mol. The Morgan fingerprint density at radius 2 is 2.05 bits per heavy atom. The summed E-state index contributed by atoms with van der Waals surface area (Å²) in [6.07, 6.45) is 1.59. The van der Waals surface area contributed by atoms with Crippen LogP contribution in [0.2, 0.25) is 0 Å². The molecule has 0 aliphatic rings. The van der Waals surface area contributed by atoms with E-state index in [0.717, 1.165) is 5.56 Å². The van der Waals surface area contributed by atoms with Crippen molar-refractivity contribution in [2.24, 2.45) is 0 Å². The van der Waals surface area contributed by atoms with Gasteiger partial charge < -0.3 is 15.2 Å². The van der Waals surface area contributed by atoms with Crippen molar-refractivity contribution in [1.82, 2.24) is 4.98 Å². The number of methoxy groups -OCH3 is 1. The number of ether oxygens (including phenoxy) is 2. The van der Waals surface area contributed by atoms with E-state index >= 15 is 0 Å². The molecule has 0 unspecified atom stereocenters. The fraction of sp³-hybridized carbons (Fsp3) is 0.143. The molecule has 0 atom stereocenters. The number of benzene rings is 1. The van der Waals surface area contributed by atoms with E-state index in [1.165, 1.54) is 7.11 Å². The highest BCUT2D eigenvalue weighted by Crippen LogP contribution is 2.33. The lowest BCUT2D eigenvalue weighted by molar-refractivity contribution is 0.374. The van der Waals surface area contributed by atoms with Gasteiger partial charge in [0, 0.05) is 18.0 Å². The zero-order chi connectivity index (χ0) is 13.8. The van der Waals surface area contributed by atoms with E-state index in [4.69, 9.17) is 20.5 Å². The first-order valence-corrected chi connectivity index (χ1v) is 5.62. The van der Waals surface area contributed by atoms with Gasteiger partial charge in [-0.3, -0.25) is 0 Å². The smallest absolute Gasteiger partial charge is 0.237 e. The van der Waals surface area contributed by atoms with Crippen LogP contribution in [0.1, 0.15) is 11.1 Å². The Labute approximate surface area is 111 Å². The Bertz CT molecular complexity index is 648. The van der Waals surface area contributed by atoms with Crippen LogP contribution in [-0.2, 0) is 0 Å². The third kappa shape index (κ3) is 2.58. The highest BCUT2D eigenvalue weighted by molar-refractivity contribution is 5.54. The van der Waals surface area contributed by atoms with E-state index in [-0.39, 0.29) is 5.88 Å². The predicted octanol–water partition coefficient (Wildman–Crippen LogP) is 2.64. The van der Waals surface area contributed by atoms with E-state index in [9.17, 15) is 0 Å². The number of nitrogens with two attached hydrogens (primary N) is 1. The Morgan fingerprint density at radius 3 is 2.74 bits per heavy atom. The second-order valence-corrected chi connectivity index (χ2v) is 3.93. The fourth-order valence-electron chi connectivity index (χ4n) is 1.62. The van der Waals surface area contributed by atoms with Gasteiger partial charge in [-0.15, -0.1) is 0 Å². The number of aromatic nitrogens is 1. The van der Waals surface area contributed by atoms with E-state index in [2.05, 4.69) is 11.1 Å². The van der Waals surface area contributed by atoms with Gasteiger partial charge in [0.1, 0.15) is 11.6 Å². The maximum Gasteiger partial charge on any atom is 0.237 e. The molecule has 0 fully saturated rings. The minimum absolute atomic E-state index is 0.242. The van der Waals surface area contributed by atoms with E-state index < -0.39 is 0 Å². The molecular formula is C14H13N3O2. The molecule has 0 amide bonds. The van der Waals surface area contributed by atoms with Crippen LogP contribution in [0.25, 0.3) is 0 Å². The number of anilines is 1. The summed E-state index contributed by atoms with van der Waals surface area (Å²) >= 11 is 0. The molecule has 0 radical (unpaired) electrons. The topological polar surface area (TPSA) is 81.2 Å². The van der Waals surface area contributed by atoms with Crippen molar-refractivity contribution in [3.05, 3.63) is 41.6 Å². The molecule has 2 rings (SSSR count). The lowest BCUT2D eigenvalue weighted by atomic mass is 10.2. The summed E-state index contributed by atoms with van der Waals surface area (Å²) < 4.78 is 10.8. The van der Waals surface area contributed by atoms with Gasteiger partial charge in [0.2, 0.25) is 5.88 Å². The van der Waals surface area contributed by atoms with Crippen molar-refractivity contribution in [1.29, 1.82) is 5.26 Å². The normalized spacial score (nSPS) is 9.74. The van der Waals surface area contributed by atoms with Crippen LogP contribution < -0.4 is 15.2 Å². The molecule has 0 aliphatic heterocycles. The summed E-state index contributed by atoms with van der Waals surface area (Å²) in [5.41, 5.74) is 7.46. The monoisotopic (exact) mass is 255 g/mol. The summed E-state index contributed by atoms with van der Waals surface area (Å²) in [5.74, 6) is 1.20. The molecule has 0 saturated carbocycles. The molecule has 2 aromatic rings. The number of rotatable bonds is 3. The van der Waals surface area contributed by atoms with Gasteiger partial charge >= 0.3 is 0 Å². The molecule has 0 bridgehead atoms. The van der Waals surface area contributed by atoms with Crippen LogP contribution in [0.5, 0.6) is 17.4 Å². The van der Waals surface area contributed by atoms with Gasteiger partial charge in [-0.25, -0.2) is 4.98 Å². The lowest BCUT2D eigenvalue weighted by Gasteiger charge is -2.11. The van der Waals surface area contributed by atoms with Crippen LogP contribution >= 0.6 is 0 Å². The Kier molecular flexibility index (Phi) is 3.53. The third-order valence-corrected chi connectivity index (χ3v) is 2.63. The highest BCUT2D eigenvalue weighted by Gasteiger charge is 2.12. The van der Waals surface area contributed by atoms with Gasteiger partial charge in [0.25, 0.3) is 0 Å². The van der Waals surface area contributed by atoms with Crippen LogP contribution in [0.15, 0.2) is 30.5 Å². The largest absolute Gasteiger partial charge is 0.493 e. The maximum atomic E-state index is 9.13. The van der Waals surface area contributed by atoms with Crippen molar-refractivity contribution in [3.8, 4) is 23.4 Å². The van der Waals surface area contributed by atoms with Gasteiger partial charge in [0.05, 0.1) is 7.11 Å². The molecule has 0 aliphatic carbocycles. The lowest BCUT2D eigenvalue weighted by Crippen LogP contribution is -1.97. The molecule has 1 aromatic carbocycles. The molecule has 96 valence electrons. The van der Waals surface area contributed by atoms with Crippen molar-refractivity contribution >= 4 is 5.69 Å². The standard InChI is InChI=1S/C14H13N3O2/c1-9-5-6-17-14(11(9)8-15)19-13-7-10(16)3-4-12(13)18-2/h3-7H,16H2,1-2H3. The molecule has 2 N–H and O–H groups in total. The number of nitrogen functional groups attached to an aromatic ring is 1. The summed E-state index contributed by atoms with van der Waals surface area (Å²) in [6, 6.07) is 8.87. The second-order valence-electron chi connectivity index (χ2n) is 3.93. The SMILES string of the molecule is COc1ccc(N)cc1Oc1nccc(C)c1C#N. The van der Waals surface area contributed by atoms with Crippen molar-refractivity contribution < 1.29 is 9.47 Å². The fourth-order valence-corrected chi connectivity index (χ4v) is 1.62. The number of nitrogens with zero attached hydrogens (tertiary/aromatic N) is 2. The quantitative estimate of drug-likeness (QED) is 0.852. The summed E-state index contributed by atoms with van der Waals surface area (Å²) in [5, 5.41) is 9.13. The first-order chi connectivity index (χ1) is 9.15. The van der Waals surface area contributed by atoms with Crippen LogP contribution in [-0.4, -0.2) is 12.1 Å². The van der Waals surface area contributed by atoms with Gasteiger partial charge in [-0.1, -0.05) is 0 Å². The summed E-state index contributed by atoms with van der Waals surface area (Å²) in [7, 11) is 1.53. The van der Waals surface area contributed by atoms with E-state index in [1.807, 2.05) is 6.92 Å². The molecule has 19 heavy (non-hydrogen) atoms. The molecule has 0 saturated heterocycles. The summed E-state index contributed by atoms with van der Waals surface area (Å²) in [4.78, 5) is 4.07. The first kappa shape index (κ1) is 12.7. The zero-order valence-electron chi connectivity index (χ0n) is 10.7. The van der Waals surface area contributed by atoms with Crippen molar-refractivity contribution in [2.75, 3.05) is 12.8 Å². The average Bonchev–Trinajstić information content (AvgIpc) is 2.39.